The van der Waals surface area contributed by atoms with Gasteiger partial charge < -0.3 is 25.3 Å². The summed E-state index contributed by atoms with van der Waals surface area (Å²) in [5, 5.41) is 15.0. The Labute approximate surface area is 119 Å². The third kappa shape index (κ3) is 13.2. The number of hydrogen-bond donors (Lipinski definition) is 3. The van der Waals surface area contributed by atoms with Crippen LogP contribution >= 0.6 is 0 Å². The highest BCUT2D eigenvalue weighted by molar-refractivity contribution is 5.76. The maximum Gasteiger partial charge on any atom is 0.222 e. The van der Waals surface area contributed by atoms with Crippen LogP contribution in [0.2, 0.25) is 0 Å². The molecule has 0 aromatic rings. The minimum absolute atomic E-state index is 0.0592. The number of rotatable bonds is 12. The summed E-state index contributed by atoms with van der Waals surface area (Å²) in [6, 6.07) is 0. The lowest BCUT2D eigenvalue weighted by Crippen LogP contribution is -2.32. The van der Waals surface area contributed by atoms with Crippen molar-refractivity contribution in [3.63, 3.8) is 0 Å². The fourth-order valence-corrected chi connectivity index (χ4v) is 1.22. The summed E-state index contributed by atoms with van der Waals surface area (Å²) in [4.78, 5) is 22.2. The minimum Gasteiger partial charge on any atom is -0.379 e. The summed E-state index contributed by atoms with van der Waals surface area (Å²) < 4.78 is 10.4. The third-order valence-corrected chi connectivity index (χ3v) is 2.36. The second-order valence-electron chi connectivity index (χ2n) is 4.13. The number of amides is 2. The van der Waals surface area contributed by atoms with Crippen molar-refractivity contribution in [1.29, 1.82) is 0 Å². The van der Waals surface area contributed by atoms with Crippen LogP contribution in [0.5, 0.6) is 0 Å². The number of likely N-dealkylation sites (N-methyl/N-ethyl adjacent to an activating group) is 1. The van der Waals surface area contributed by atoms with E-state index >= 15 is 0 Å². The van der Waals surface area contributed by atoms with Gasteiger partial charge in [0.05, 0.1) is 26.4 Å². The molecule has 0 atom stereocenters. The van der Waals surface area contributed by atoms with Crippen LogP contribution in [0.25, 0.3) is 0 Å². The van der Waals surface area contributed by atoms with Crippen LogP contribution < -0.4 is 10.6 Å². The normalized spacial score (nSPS) is 10.6. The quantitative estimate of drug-likeness (QED) is 0.314. The summed E-state index contributed by atoms with van der Waals surface area (Å²) in [6.07, 6.45) is 0.603. The zero-order chi connectivity index (χ0) is 15.2. The fraction of sp³-hybridized carbons (Fsp3) is 0.833. The smallest absolute Gasteiger partial charge is 0.222 e. The molecule has 2 amide bonds. The van der Waals surface area contributed by atoms with Crippen molar-refractivity contribution in [1.82, 2.24) is 15.7 Å². The first-order valence-electron chi connectivity index (χ1n) is 6.59. The standard InChI is InChI=1S/C12H25N3O5/c1-13-11(16)3-7-19-9-10-20-8-4-12(17)14-5-6-15(2)18/h18H,3-10H2,1-2H3,(H,13,16)(H,14,17). The lowest BCUT2D eigenvalue weighted by molar-refractivity contribution is -0.124. The Kier molecular flexibility index (Phi) is 12.0. The Hall–Kier alpha value is -1.22. The topological polar surface area (TPSA) is 100 Å². The van der Waals surface area contributed by atoms with E-state index in [9.17, 15) is 9.59 Å². The Balaban J connectivity index is 3.23. The predicted octanol–water partition coefficient (Wildman–Crippen LogP) is -1.02. The molecule has 20 heavy (non-hydrogen) atoms. The third-order valence-electron chi connectivity index (χ3n) is 2.36. The van der Waals surface area contributed by atoms with Gasteiger partial charge >= 0.3 is 0 Å². The Morgan fingerprint density at radius 1 is 1.05 bits per heavy atom. The molecule has 118 valence electrons. The highest BCUT2D eigenvalue weighted by Gasteiger charge is 2.01. The maximum absolute atomic E-state index is 11.3. The van der Waals surface area contributed by atoms with E-state index in [1.807, 2.05) is 0 Å². The molecule has 0 aliphatic carbocycles. The SMILES string of the molecule is CNC(=O)CCOCCOCCC(=O)NCCN(C)O. The molecular weight excluding hydrogens is 266 g/mol. The molecule has 0 aromatic heterocycles. The maximum atomic E-state index is 11.3. The molecule has 0 saturated heterocycles. The molecule has 0 aliphatic heterocycles. The molecule has 0 spiro atoms. The van der Waals surface area contributed by atoms with E-state index in [-0.39, 0.29) is 18.2 Å². The van der Waals surface area contributed by atoms with Gasteiger partial charge in [-0.25, -0.2) is 0 Å². The van der Waals surface area contributed by atoms with Crippen molar-refractivity contribution in [2.75, 3.05) is 53.6 Å². The van der Waals surface area contributed by atoms with E-state index in [4.69, 9.17) is 14.7 Å². The van der Waals surface area contributed by atoms with Gasteiger partial charge in [0.25, 0.3) is 0 Å². The van der Waals surface area contributed by atoms with E-state index in [0.29, 0.717) is 45.9 Å². The number of nitrogens with one attached hydrogen (secondary N) is 2. The van der Waals surface area contributed by atoms with Crippen LogP contribution in [-0.2, 0) is 19.1 Å². The van der Waals surface area contributed by atoms with Gasteiger partial charge in [0.2, 0.25) is 11.8 Å². The molecule has 0 bridgehead atoms. The molecule has 0 radical (unpaired) electrons. The first kappa shape index (κ1) is 18.8. The van der Waals surface area contributed by atoms with E-state index in [1.54, 1.807) is 7.05 Å². The fourth-order valence-electron chi connectivity index (χ4n) is 1.22. The van der Waals surface area contributed by atoms with Gasteiger partial charge in [-0.05, 0) is 0 Å². The zero-order valence-corrected chi connectivity index (χ0v) is 12.2. The number of ether oxygens (including phenoxy) is 2. The predicted molar refractivity (Wildman–Crippen MR) is 72.4 cm³/mol. The van der Waals surface area contributed by atoms with Crippen LogP contribution in [0.4, 0.5) is 0 Å². The minimum atomic E-state index is -0.118. The number of carbonyl (C=O) groups is 2. The number of hydroxylamine groups is 2. The average Bonchev–Trinajstić information content (AvgIpc) is 2.40. The van der Waals surface area contributed by atoms with Gasteiger partial charge in [0.1, 0.15) is 0 Å². The summed E-state index contributed by atoms with van der Waals surface area (Å²) in [5.74, 6) is -0.177. The van der Waals surface area contributed by atoms with Gasteiger partial charge in [-0.2, -0.15) is 5.06 Å². The van der Waals surface area contributed by atoms with Crippen molar-refractivity contribution in [2.24, 2.45) is 0 Å². The first-order valence-corrected chi connectivity index (χ1v) is 6.59. The summed E-state index contributed by atoms with van der Waals surface area (Å²) in [6.45, 7) is 2.24. The number of hydrogen-bond acceptors (Lipinski definition) is 6. The molecule has 0 heterocycles. The van der Waals surface area contributed by atoms with E-state index in [0.717, 1.165) is 5.06 Å². The van der Waals surface area contributed by atoms with Crippen molar-refractivity contribution in [2.45, 2.75) is 12.8 Å². The van der Waals surface area contributed by atoms with Crippen LogP contribution in [0.1, 0.15) is 12.8 Å². The molecule has 0 saturated carbocycles. The van der Waals surface area contributed by atoms with Gasteiger partial charge in [0.15, 0.2) is 0 Å². The molecule has 0 unspecified atom stereocenters. The molecule has 8 heteroatoms. The van der Waals surface area contributed by atoms with Gasteiger partial charge in [-0.1, -0.05) is 0 Å². The summed E-state index contributed by atoms with van der Waals surface area (Å²) in [5.41, 5.74) is 0. The lowest BCUT2D eigenvalue weighted by atomic mass is 10.4. The van der Waals surface area contributed by atoms with Crippen LogP contribution in [0, 0.1) is 0 Å². The Bertz CT molecular complexity index is 274. The Morgan fingerprint density at radius 3 is 2.10 bits per heavy atom. The van der Waals surface area contributed by atoms with Crippen LogP contribution in [0.15, 0.2) is 0 Å². The van der Waals surface area contributed by atoms with Crippen molar-refractivity contribution >= 4 is 11.8 Å². The highest BCUT2D eigenvalue weighted by atomic mass is 16.5. The zero-order valence-electron chi connectivity index (χ0n) is 12.2. The molecular formula is C12H25N3O5. The summed E-state index contributed by atoms with van der Waals surface area (Å²) in [7, 11) is 3.09. The second-order valence-corrected chi connectivity index (χ2v) is 4.13. The molecule has 8 nitrogen and oxygen atoms in total. The average molecular weight is 291 g/mol. The van der Waals surface area contributed by atoms with Crippen LogP contribution in [-0.4, -0.2) is 75.7 Å². The largest absolute Gasteiger partial charge is 0.379 e. The molecule has 3 N–H and O–H groups in total. The van der Waals surface area contributed by atoms with E-state index in [2.05, 4.69) is 10.6 Å². The number of carbonyl (C=O) groups excluding carboxylic acids is 2. The molecule has 0 fully saturated rings. The van der Waals surface area contributed by atoms with Gasteiger partial charge in [0, 0.05) is 40.0 Å². The molecule has 0 aromatic carbocycles. The van der Waals surface area contributed by atoms with Crippen molar-refractivity contribution in [3.8, 4) is 0 Å². The second kappa shape index (κ2) is 12.8. The lowest BCUT2D eigenvalue weighted by Gasteiger charge is -2.09. The molecule has 0 rings (SSSR count). The monoisotopic (exact) mass is 291 g/mol. The van der Waals surface area contributed by atoms with Gasteiger partial charge in [-0.3, -0.25) is 9.59 Å². The number of nitrogens with zero attached hydrogens (tertiary/aromatic N) is 1. The van der Waals surface area contributed by atoms with Crippen molar-refractivity contribution in [3.05, 3.63) is 0 Å². The molecule has 0 aliphatic rings. The highest BCUT2D eigenvalue weighted by Crippen LogP contribution is 1.87. The van der Waals surface area contributed by atoms with E-state index < -0.39 is 0 Å². The van der Waals surface area contributed by atoms with Crippen molar-refractivity contribution < 1.29 is 24.3 Å². The van der Waals surface area contributed by atoms with E-state index in [1.165, 1.54) is 7.05 Å². The summed E-state index contributed by atoms with van der Waals surface area (Å²) >= 11 is 0. The Morgan fingerprint density at radius 2 is 1.60 bits per heavy atom. The van der Waals surface area contributed by atoms with Crippen LogP contribution in [0.3, 0.4) is 0 Å². The van der Waals surface area contributed by atoms with Gasteiger partial charge in [-0.15, -0.1) is 0 Å². The first-order chi connectivity index (χ1) is 9.56.